The highest BCUT2D eigenvalue weighted by Gasteiger charge is 2.37. The van der Waals surface area contributed by atoms with Crippen LogP contribution in [0.3, 0.4) is 0 Å². The first-order valence-corrected chi connectivity index (χ1v) is 5.71. The Morgan fingerprint density at radius 1 is 0.769 bits per heavy atom. The second-order valence-corrected chi connectivity index (χ2v) is 6.97. The Hall–Kier alpha value is -0.0500. The lowest BCUT2D eigenvalue weighted by molar-refractivity contribution is 0.389. The van der Waals surface area contributed by atoms with Crippen molar-refractivity contribution in [3.63, 3.8) is 0 Å². The van der Waals surface area contributed by atoms with Crippen LogP contribution in [-0.2, 0) is 0 Å². The monoisotopic (exact) mass is 200 g/mol. The quantitative estimate of drug-likeness (QED) is 0.581. The van der Waals surface area contributed by atoms with Gasteiger partial charge in [-0.2, -0.15) is 10.2 Å². The molecular formula is C10H20N2S. The summed E-state index contributed by atoms with van der Waals surface area (Å²) >= 11 is 1.89. The summed E-state index contributed by atoms with van der Waals surface area (Å²) in [7, 11) is 0. The van der Waals surface area contributed by atoms with E-state index >= 15 is 0 Å². The fraction of sp³-hybridized carbons (Fsp3) is 1.00. The molecule has 0 aliphatic carbocycles. The number of hydrogen-bond acceptors (Lipinski definition) is 3. The van der Waals surface area contributed by atoms with E-state index in [4.69, 9.17) is 0 Å². The van der Waals surface area contributed by atoms with Crippen LogP contribution in [0.4, 0.5) is 0 Å². The van der Waals surface area contributed by atoms with Crippen LogP contribution in [0.15, 0.2) is 10.2 Å². The zero-order valence-corrected chi connectivity index (χ0v) is 10.3. The average molecular weight is 200 g/mol. The Morgan fingerprint density at radius 3 is 1.23 bits per heavy atom. The number of nitrogens with zero attached hydrogens (tertiary/aromatic N) is 2. The van der Waals surface area contributed by atoms with Crippen molar-refractivity contribution in [2.24, 2.45) is 21.1 Å². The van der Waals surface area contributed by atoms with E-state index in [0.29, 0.717) is 10.7 Å². The molecule has 2 nitrogen and oxygen atoms in total. The highest BCUT2D eigenvalue weighted by Crippen LogP contribution is 2.45. The van der Waals surface area contributed by atoms with E-state index in [-0.39, 0.29) is 10.8 Å². The lowest BCUT2D eigenvalue weighted by atomic mass is 9.97. The molecule has 0 radical (unpaired) electrons. The van der Waals surface area contributed by atoms with Crippen LogP contribution in [0.5, 0.6) is 0 Å². The SMILES string of the molecule is CC(C)(C)[C@H]1N=N[C@H](C(C)(C)C)S1. The zero-order valence-electron chi connectivity index (χ0n) is 9.46. The maximum absolute atomic E-state index is 4.34. The molecule has 13 heavy (non-hydrogen) atoms. The molecule has 0 aromatic heterocycles. The number of thioether (sulfide) groups is 1. The van der Waals surface area contributed by atoms with Crippen LogP contribution in [0.25, 0.3) is 0 Å². The summed E-state index contributed by atoms with van der Waals surface area (Å²) in [5, 5.41) is 9.35. The molecule has 76 valence electrons. The first kappa shape index (κ1) is 11.0. The summed E-state index contributed by atoms with van der Waals surface area (Å²) in [4.78, 5) is 0. The summed E-state index contributed by atoms with van der Waals surface area (Å²) < 4.78 is 0. The predicted molar refractivity (Wildman–Crippen MR) is 58.9 cm³/mol. The maximum Gasteiger partial charge on any atom is 0.123 e. The summed E-state index contributed by atoms with van der Waals surface area (Å²) in [6, 6.07) is 0. The maximum atomic E-state index is 4.34. The van der Waals surface area contributed by atoms with Crippen molar-refractivity contribution in [3.05, 3.63) is 0 Å². The normalized spacial score (nSPS) is 29.7. The van der Waals surface area contributed by atoms with Crippen LogP contribution in [0.1, 0.15) is 41.5 Å². The fourth-order valence-electron chi connectivity index (χ4n) is 1.05. The van der Waals surface area contributed by atoms with E-state index in [1.54, 1.807) is 0 Å². The first-order chi connectivity index (χ1) is 5.71. The molecule has 2 atom stereocenters. The van der Waals surface area contributed by atoms with Gasteiger partial charge in [-0.25, -0.2) is 0 Å². The first-order valence-electron chi connectivity index (χ1n) is 4.77. The van der Waals surface area contributed by atoms with Crippen molar-refractivity contribution in [3.8, 4) is 0 Å². The highest BCUT2D eigenvalue weighted by molar-refractivity contribution is 8.00. The van der Waals surface area contributed by atoms with Crippen LogP contribution >= 0.6 is 11.8 Å². The lowest BCUT2D eigenvalue weighted by Gasteiger charge is -2.26. The molecule has 0 N–H and O–H groups in total. The van der Waals surface area contributed by atoms with Crippen molar-refractivity contribution in [2.75, 3.05) is 0 Å². The van der Waals surface area contributed by atoms with E-state index in [1.165, 1.54) is 0 Å². The summed E-state index contributed by atoms with van der Waals surface area (Å²) in [6.07, 6.45) is 0. The molecular weight excluding hydrogens is 180 g/mol. The Kier molecular flexibility index (Phi) is 2.77. The smallest absolute Gasteiger partial charge is 0.123 e. The van der Waals surface area contributed by atoms with Gasteiger partial charge in [0.15, 0.2) is 0 Å². The molecule has 0 amide bonds. The number of hydrogen-bond donors (Lipinski definition) is 0. The van der Waals surface area contributed by atoms with Gasteiger partial charge in [0.25, 0.3) is 0 Å². The summed E-state index contributed by atoms with van der Waals surface area (Å²) in [5.74, 6) is 0. The van der Waals surface area contributed by atoms with Crippen molar-refractivity contribution < 1.29 is 0 Å². The Morgan fingerprint density at radius 2 is 1.08 bits per heavy atom. The molecule has 0 saturated heterocycles. The van der Waals surface area contributed by atoms with E-state index in [0.717, 1.165) is 0 Å². The molecule has 1 rings (SSSR count). The standard InChI is InChI=1S/C10H20N2S/c1-9(2,3)7-11-12-8(13-7)10(4,5)6/h7-8H,1-6H3/t7-,8-/m0/s1. The van der Waals surface area contributed by atoms with Crippen LogP contribution in [-0.4, -0.2) is 10.7 Å². The molecule has 0 bridgehead atoms. The van der Waals surface area contributed by atoms with Gasteiger partial charge in [0.1, 0.15) is 10.7 Å². The van der Waals surface area contributed by atoms with Crippen LogP contribution in [0, 0.1) is 10.8 Å². The second kappa shape index (κ2) is 3.26. The van der Waals surface area contributed by atoms with Gasteiger partial charge in [-0.3, -0.25) is 0 Å². The third-order valence-electron chi connectivity index (χ3n) is 2.02. The second-order valence-electron chi connectivity index (χ2n) is 5.80. The van der Waals surface area contributed by atoms with Gasteiger partial charge in [0.05, 0.1) is 0 Å². The van der Waals surface area contributed by atoms with Crippen LogP contribution in [0.2, 0.25) is 0 Å². The largest absolute Gasteiger partial charge is 0.178 e. The molecule has 0 unspecified atom stereocenters. The Labute approximate surface area is 85.6 Å². The van der Waals surface area contributed by atoms with Crippen molar-refractivity contribution in [1.29, 1.82) is 0 Å². The minimum atomic E-state index is 0.230. The average Bonchev–Trinajstić information content (AvgIpc) is 2.28. The molecule has 0 fully saturated rings. The van der Waals surface area contributed by atoms with Gasteiger partial charge in [-0.05, 0) is 10.8 Å². The van der Waals surface area contributed by atoms with E-state index < -0.39 is 0 Å². The Balaban J connectivity index is 2.63. The fourth-order valence-corrected chi connectivity index (χ4v) is 2.33. The van der Waals surface area contributed by atoms with E-state index in [1.807, 2.05) is 11.8 Å². The predicted octanol–water partition coefficient (Wildman–Crippen LogP) is 3.93. The molecule has 1 aliphatic heterocycles. The summed E-state index contributed by atoms with van der Waals surface area (Å²) in [6.45, 7) is 13.3. The minimum Gasteiger partial charge on any atom is -0.178 e. The molecule has 0 aromatic carbocycles. The minimum absolute atomic E-state index is 0.230. The number of azo groups is 1. The van der Waals surface area contributed by atoms with Crippen molar-refractivity contribution in [2.45, 2.75) is 52.3 Å². The van der Waals surface area contributed by atoms with Gasteiger partial charge in [0.2, 0.25) is 0 Å². The van der Waals surface area contributed by atoms with Crippen molar-refractivity contribution in [1.82, 2.24) is 0 Å². The van der Waals surface area contributed by atoms with E-state index in [2.05, 4.69) is 51.8 Å². The van der Waals surface area contributed by atoms with Gasteiger partial charge in [-0.15, -0.1) is 11.8 Å². The molecule has 0 saturated carbocycles. The Bertz CT molecular complexity index is 188. The topological polar surface area (TPSA) is 24.7 Å². The van der Waals surface area contributed by atoms with E-state index in [9.17, 15) is 0 Å². The van der Waals surface area contributed by atoms with Crippen molar-refractivity contribution >= 4 is 11.8 Å². The molecule has 1 aliphatic rings. The molecule has 1 heterocycles. The molecule has 0 aromatic rings. The van der Waals surface area contributed by atoms with Crippen LogP contribution < -0.4 is 0 Å². The van der Waals surface area contributed by atoms with Gasteiger partial charge in [-0.1, -0.05) is 41.5 Å². The van der Waals surface area contributed by atoms with Gasteiger partial charge in [0, 0.05) is 0 Å². The summed E-state index contributed by atoms with van der Waals surface area (Å²) in [5.41, 5.74) is 0.461. The number of rotatable bonds is 0. The third-order valence-corrected chi connectivity index (χ3v) is 4.13. The van der Waals surface area contributed by atoms with Gasteiger partial charge < -0.3 is 0 Å². The lowest BCUT2D eigenvalue weighted by Crippen LogP contribution is -2.24. The zero-order chi connectivity index (χ0) is 10.3. The molecule has 0 spiro atoms. The van der Waals surface area contributed by atoms with Gasteiger partial charge >= 0.3 is 0 Å². The highest BCUT2D eigenvalue weighted by atomic mass is 32.2. The molecule has 3 heteroatoms. The third kappa shape index (κ3) is 2.70.